The number of hydrogen-bond acceptors (Lipinski definition) is 11. The first-order valence-corrected chi connectivity index (χ1v) is 21.1. The number of ether oxygens (including phenoxy) is 4. The highest BCUT2D eigenvalue weighted by Gasteiger charge is 2.48. The molecule has 334 valence electrons. The first kappa shape index (κ1) is 48.7. The van der Waals surface area contributed by atoms with E-state index in [4.69, 9.17) is 36.3 Å². The maximum absolute atomic E-state index is 13.8. The average Bonchev–Trinajstić information content (AvgIpc) is 4.01. The molecule has 0 saturated carbocycles. The third-order valence-corrected chi connectivity index (χ3v) is 11.1. The molecule has 0 spiro atoms. The van der Waals surface area contributed by atoms with E-state index in [1.54, 1.807) is 45.0 Å². The van der Waals surface area contributed by atoms with Crippen LogP contribution in [0.15, 0.2) is 54.6 Å². The van der Waals surface area contributed by atoms with Crippen LogP contribution < -0.4 is 31.7 Å². The van der Waals surface area contributed by atoms with Crippen LogP contribution >= 0.6 is 11.6 Å². The minimum atomic E-state index is -1.25. The van der Waals surface area contributed by atoms with Crippen molar-refractivity contribution in [3.05, 3.63) is 76.3 Å². The highest BCUT2D eigenvalue weighted by atomic mass is 35.5. The topological polar surface area (TPSA) is 217 Å². The third-order valence-electron chi connectivity index (χ3n) is 10.8. The summed E-state index contributed by atoms with van der Waals surface area (Å²) >= 11 is 6.35. The van der Waals surface area contributed by atoms with Crippen LogP contribution in [0.2, 0.25) is 5.02 Å². The second-order valence-electron chi connectivity index (χ2n) is 17.3. The summed E-state index contributed by atoms with van der Waals surface area (Å²) in [7, 11) is 1.49. The lowest BCUT2D eigenvalue weighted by Crippen LogP contribution is -2.51. The number of methoxy groups -OCH3 is 1. The zero-order valence-corrected chi connectivity index (χ0v) is 37.3. The Kier molecular flexibility index (Phi) is 17.3. The first-order chi connectivity index (χ1) is 28.7. The fourth-order valence-electron chi connectivity index (χ4n) is 6.67. The first-order valence-electron chi connectivity index (χ1n) is 20.8. The van der Waals surface area contributed by atoms with Gasteiger partial charge in [0.1, 0.15) is 30.0 Å². The summed E-state index contributed by atoms with van der Waals surface area (Å²) in [6, 6.07) is 10.1. The molecular formula is C45H62ClN5O10. The van der Waals surface area contributed by atoms with Crippen LogP contribution in [-0.4, -0.2) is 85.7 Å². The molecule has 15 nitrogen and oxygen atoms in total. The summed E-state index contributed by atoms with van der Waals surface area (Å²) in [5.74, 6) is -3.24. The van der Waals surface area contributed by atoms with Crippen LogP contribution in [0.1, 0.15) is 91.0 Å². The molecule has 16 heteroatoms. The van der Waals surface area contributed by atoms with Crippen molar-refractivity contribution in [1.29, 1.82) is 0 Å². The normalized spacial score (nSPS) is 24.3. The van der Waals surface area contributed by atoms with Gasteiger partial charge in [0.05, 0.1) is 29.7 Å². The molecule has 2 aromatic carbocycles. The molecule has 0 aliphatic carbocycles. The molecule has 2 aliphatic heterocycles. The van der Waals surface area contributed by atoms with Gasteiger partial charge in [-0.1, -0.05) is 82.6 Å². The molecule has 1 fully saturated rings. The van der Waals surface area contributed by atoms with Gasteiger partial charge in [-0.25, -0.2) is 4.79 Å². The van der Waals surface area contributed by atoms with Crippen molar-refractivity contribution in [2.75, 3.05) is 13.7 Å². The van der Waals surface area contributed by atoms with Gasteiger partial charge in [0.2, 0.25) is 23.6 Å². The molecule has 2 heterocycles. The zero-order valence-electron chi connectivity index (χ0n) is 36.5. The molecular weight excluding hydrogens is 806 g/mol. The molecule has 0 radical (unpaired) electrons. The smallest absolute Gasteiger partial charge is 0.347 e. The fourth-order valence-corrected chi connectivity index (χ4v) is 6.95. The highest BCUT2D eigenvalue weighted by molar-refractivity contribution is 6.32. The number of carbonyl (C=O) groups excluding carboxylic acids is 6. The van der Waals surface area contributed by atoms with Crippen LogP contribution in [-0.2, 0) is 55.9 Å². The van der Waals surface area contributed by atoms with Gasteiger partial charge in [-0.15, -0.1) is 0 Å². The van der Waals surface area contributed by atoms with E-state index in [0.717, 1.165) is 11.1 Å². The van der Waals surface area contributed by atoms with Crippen LogP contribution in [0, 0.1) is 23.2 Å². The Labute approximate surface area is 363 Å². The van der Waals surface area contributed by atoms with Crippen molar-refractivity contribution < 1.29 is 47.7 Å². The maximum Gasteiger partial charge on any atom is 0.347 e. The summed E-state index contributed by atoms with van der Waals surface area (Å²) in [6.07, 6.45) is 0.617. The number of nitrogens with one attached hydrogen (secondary N) is 4. The lowest BCUT2D eigenvalue weighted by atomic mass is 9.92. The number of nitrogens with two attached hydrogens (primary N) is 1. The van der Waals surface area contributed by atoms with E-state index in [0.29, 0.717) is 16.3 Å². The van der Waals surface area contributed by atoms with E-state index in [1.807, 2.05) is 58.9 Å². The van der Waals surface area contributed by atoms with Crippen molar-refractivity contribution in [2.45, 2.75) is 124 Å². The number of carbonyl (C=O) groups is 6. The number of esters is 2. The Hall–Kier alpha value is -4.99. The zero-order chi connectivity index (χ0) is 45.2. The van der Waals surface area contributed by atoms with Gasteiger partial charge in [-0.3, -0.25) is 24.0 Å². The van der Waals surface area contributed by atoms with E-state index >= 15 is 0 Å². The molecule has 0 bridgehead atoms. The Bertz CT molecular complexity index is 1920. The number of epoxide rings is 1. The van der Waals surface area contributed by atoms with Gasteiger partial charge >= 0.3 is 11.9 Å². The molecule has 2 aliphatic rings. The minimum Gasteiger partial charge on any atom is -0.495 e. The summed E-state index contributed by atoms with van der Waals surface area (Å²) in [6.45, 7) is 14.2. The Morgan fingerprint density at radius 3 is 2.26 bits per heavy atom. The van der Waals surface area contributed by atoms with Gasteiger partial charge < -0.3 is 45.9 Å². The fraction of sp³-hybridized carbons (Fsp3) is 0.556. The summed E-state index contributed by atoms with van der Waals surface area (Å²) in [5.41, 5.74) is 7.02. The van der Waals surface area contributed by atoms with Crippen LogP contribution in [0.3, 0.4) is 0 Å². The molecule has 0 aromatic heterocycles. The Balaban J connectivity index is 1.49. The number of halogens is 1. The molecule has 8 atom stereocenters. The molecule has 6 N–H and O–H groups in total. The molecule has 1 unspecified atom stereocenters. The standard InChI is InChI=1S/C45H62ClN5O10/c1-24(2)19-35-43(56)59-33(26(5)38-39(61-38)30-16-13-28(14-17-30)22-48-40(53)27(6)50-42(55)37(47)25(3)4)11-10-12-36(52)51-32(21-29-15-18-34(58-9)31(46)20-29)41(54)49-23-45(7,8)44(57)60-35/h10,12-18,20,24-27,32-33,35,37-39H,11,19,21-23,47H2,1-9H3,(H,48,53)(H,49,54)(H,50,55)(H,51,52)/b12-10-/t26-,27-,32+,33-,35-,37-,38?,39+/m0/s1. The lowest BCUT2D eigenvalue weighted by molar-refractivity contribution is -0.179. The Morgan fingerprint density at radius 2 is 1.64 bits per heavy atom. The Morgan fingerprint density at radius 1 is 0.967 bits per heavy atom. The van der Waals surface area contributed by atoms with E-state index in [1.165, 1.54) is 13.2 Å². The number of amides is 4. The van der Waals surface area contributed by atoms with Gasteiger partial charge in [-0.05, 0) is 73.9 Å². The summed E-state index contributed by atoms with van der Waals surface area (Å²) < 4.78 is 23.3. The lowest BCUT2D eigenvalue weighted by Gasteiger charge is -2.29. The average molecular weight is 868 g/mol. The molecule has 61 heavy (non-hydrogen) atoms. The van der Waals surface area contributed by atoms with E-state index < -0.39 is 59.5 Å². The number of cyclic esters (lactones) is 2. The highest BCUT2D eigenvalue weighted by Crippen LogP contribution is 2.45. The molecule has 4 rings (SSSR count). The van der Waals surface area contributed by atoms with Crippen molar-refractivity contribution in [3.8, 4) is 5.75 Å². The van der Waals surface area contributed by atoms with Crippen LogP contribution in [0.5, 0.6) is 5.75 Å². The molecule has 4 amide bonds. The van der Waals surface area contributed by atoms with Gasteiger partial charge in [0.25, 0.3) is 0 Å². The monoisotopic (exact) mass is 867 g/mol. The van der Waals surface area contributed by atoms with E-state index in [2.05, 4.69) is 21.3 Å². The predicted molar refractivity (Wildman–Crippen MR) is 229 cm³/mol. The van der Waals surface area contributed by atoms with E-state index in [9.17, 15) is 28.8 Å². The van der Waals surface area contributed by atoms with Crippen LogP contribution in [0.25, 0.3) is 0 Å². The number of benzene rings is 2. The minimum absolute atomic E-state index is 0.0317. The summed E-state index contributed by atoms with van der Waals surface area (Å²) in [4.78, 5) is 79.3. The predicted octanol–water partition coefficient (Wildman–Crippen LogP) is 4.23. The molecule has 1 saturated heterocycles. The molecule has 2 aromatic rings. The van der Waals surface area contributed by atoms with E-state index in [-0.39, 0.29) is 74.1 Å². The van der Waals surface area contributed by atoms with Crippen molar-refractivity contribution >= 4 is 47.2 Å². The van der Waals surface area contributed by atoms with Crippen molar-refractivity contribution in [3.63, 3.8) is 0 Å². The second kappa shape index (κ2) is 21.7. The largest absolute Gasteiger partial charge is 0.495 e. The second-order valence-corrected chi connectivity index (χ2v) is 17.7. The third kappa shape index (κ3) is 14.0. The van der Waals surface area contributed by atoms with Crippen molar-refractivity contribution in [1.82, 2.24) is 21.3 Å². The van der Waals surface area contributed by atoms with Crippen LogP contribution in [0.4, 0.5) is 0 Å². The maximum atomic E-state index is 13.8. The number of rotatable bonds is 14. The van der Waals surface area contributed by atoms with Gasteiger partial charge in [0.15, 0.2) is 6.10 Å². The SMILES string of the molecule is COc1ccc(C[C@H]2NC(=O)/C=C\C[C@@H]([C@H](C)C3O[C@@H]3c3ccc(CNC(=O)[C@H](C)NC(=O)[C@@H](N)C(C)C)cc3)OC(=O)[C@H](CC(C)C)OC(=O)C(C)(C)CNC2=O)cc1Cl. The quantitative estimate of drug-likeness (QED) is 0.134. The van der Waals surface area contributed by atoms with Crippen molar-refractivity contribution in [2.24, 2.45) is 28.9 Å². The number of hydrogen-bond donors (Lipinski definition) is 5. The summed E-state index contributed by atoms with van der Waals surface area (Å²) in [5, 5.41) is 11.4. The van der Waals surface area contributed by atoms with Gasteiger partial charge in [0, 0.05) is 31.8 Å². The van der Waals surface area contributed by atoms with Gasteiger partial charge in [-0.2, -0.15) is 0 Å².